The fourth-order valence-electron chi connectivity index (χ4n) is 2.55. The van der Waals surface area contributed by atoms with E-state index in [1.165, 1.54) is 24.5 Å². The SMILES string of the molecule is COc1ccc(-c2csc(NC(=O)[C@@H]3CC[C@H](CN)O3)n2)cc1F. The Labute approximate surface area is 142 Å². The number of ether oxygens (including phenoxy) is 2. The molecule has 1 aromatic heterocycles. The van der Waals surface area contributed by atoms with Crippen LogP contribution in [-0.2, 0) is 9.53 Å². The molecular formula is C16H18FN3O3S. The third kappa shape index (κ3) is 3.55. The summed E-state index contributed by atoms with van der Waals surface area (Å²) in [6.45, 7) is 0.411. The van der Waals surface area contributed by atoms with Crippen LogP contribution in [0.3, 0.4) is 0 Å². The molecule has 1 fully saturated rings. The number of benzene rings is 1. The molecule has 1 saturated heterocycles. The van der Waals surface area contributed by atoms with Gasteiger partial charge in [0.15, 0.2) is 16.7 Å². The van der Waals surface area contributed by atoms with Crippen LogP contribution in [0.5, 0.6) is 5.75 Å². The summed E-state index contributed by atoms with van der Waals surface area (Å²) in [6, 6.07) is 4.61. The minimum absolute atomic E-state index is 0.0603. The van der Waals surface area contributed by atoms with Gasteiger partial charge in [-0.2, -0.15) is 0 Å². The molecule has 0 aliphatic carbocycles. The van der Waals surface area contributed by atoms with Gasteiger partial charge in [0.2, 0.25) is 0 Å². The van der Waals surface area contributed by atoms with Gasteiger partial charge >= 0.3 is 0 Å². The zero-order valence-corrected chi connectivity index (χ0v) is 13.9. The Balaban J connectivity index is 1.67. The predicted octanol–water partition coefficient (Wildman–Crippen LogP) is 2.40. The lowest BCUT2D eigenvalue weighted by Gasteiger charge is -2.11. The second kappa shape index (κ2) is 7.25. The Morgan fingerprint density at radius 2 is 2.38 bits per heavy atom. The highest BCUT2D eigenvalue weighted by atomic mass is 32.1. The van der Waals surface area contributed by atoms with E-state index in [9.17, 15) is 9.18 Å². The van der Waals surface area contributed by atoms with Gasteiger partial charge in [0.1, 0.15) is 6.10 Å². The van der Waals surface area contributed by atoms with Gasteiger partial charge in [0, 0.05) is 17.5 Å². The molecule has 0 unspecified atom stereocenters. The number of hydrogen-bond donors (Lipinski definition) is 2. The first-order valence-corrected chi connectivity index (χ1v) is 8.44. The molecule has 3 rings (SSSR count). The molecule has 3 N–H and O–H groups in total. The van der Waals surface area contributed by atoms with Crippen molar-refractivity contribution in [3.63, 3.8) is 0 Å². The molecule has 2 heterocycles. The fraction of sp³-hybridized carbons (Fsp3) is 0.375. The zero-order chi connectivity index (χ0) is 17.1. The number of amides is 1. The lowest BCUT2D eigenvalue weighted by molar-refractivity contribution is -0.126. The summed E-state index contributed by atoms with van der Waals surface area (Å²) in [5.41, 5.74) is 6.75. The highest BCUT2D eigenvalue weighted by Gasteiger charge is 2.30. The number of carbonyl (C=O) groups excluding carboxylic acids is 1. The van der Waals surface area contributed by atoms with Crippen LogP contribution in [0.25, 0.3) is 11.3 Å². The summed E-state index contributed by atoms with van der Waals surface area (Å²) in [5, 5.41) is 4.95. The Kier molecular flexibility index (Phi) is 5.08. The maximum atomic E-state index is 13.8. The number of aromatic nitrogens is 1. The van der Waals surface area contributed by atoms with Gasteiger partial charge in [-0.05, 0) is 31.0 Å². The maximum absolute atomic E-state index is 13.8. The van der Waals surface area contributed by atoms with Crippen molar-refractivity contribution in [2.24, 2.45) is 5.73 Å². The Bertz CT molecular complexity index is 737. The molecule has 24 heavy (non-hydrogen) atoms. The first-order valence-electron chi connectivity index (χ1n) is 7.56. The third-order valence-corrected chi connectivity index (χ3v) is 4.60. The van der Waals surface area contributed by atoms with E-state index < -0.39 is 11.9 Å². The van der Waals surface area contributed by atoms with Crippen molar-refractivity contribution < 1.29 is 18.7 Å². The molecule has 128 valence electrons. The van der Waals surface area contributed by atoms with Crippen molar-refractivity contribution in [3.8, 4) is 17.0 Å². The topological polar surface area (TPSA) is 86.5 Å². The molecule has 0 radical (unpaired) electrons. The van der Waals surface area contributed by atoms with Crippen LogP contribution in [0.2, 0.25) is 0 Å². The standard InChI is InChI=1S/C16H18FN3O3S/c1-22-13-4-2-9(6-11(13)17)12-8-24-16(19-12)20-15(21)14-5-3-10(7-18)23-14/h2,4,6,8,10,14H,3,5,7,18H2,1H3,(H,19,20,21)/t10-,14+/m1/s1. The third-order valence-electron chi connectivity index (χ3n) is 3.84. The number of nitrogens with two attached hydrogens (primary N) is 1. The van der Waals surface area contributed by atoms with Crippen molar-refractivity contribution in [3.05, 3.63) is 29.4 Å². The van der Waals surface area contributed by atoms with Crippen LogP contribution in [0, 0.1) is 5.82 Å². The number of nitrogens with zero attached hydrogens (tertiary/aromatic N) is 1. The lowest BCUT2D eigenvalue weighted by Crippen LogP contribution is -2.29. The summed E-state index contributed by atoms with van der Waals surface area (Å²) < 4.78 is 24.2. The van der Waals surface area contributed by atoms with Crippen LogP contribution >= 0.6 is 11.3 Å². The quantitative estimate of drug-likeness (QED) is 0.864. The Hall–Kier alpha value is -2.03. The van der Waals surface area contributed by atoms with E-state index in [1.54, 1.807) is 17.5 Å². The maximum Gasteiger partial charge on any atom is 0.255 e. The zero-order valence-electron chi connectivity index (χ0n) is 13.1. The van der Waals surface area contributed by atoms with Crippen molar-refractivity contribution in [1.29, 1.82) is 0 Å². The highest BCUT2D eigenvalue weighted by molar-refractivity contribution is 7.14. The van der Waals surface area contributed by atoms with E-state index in [4.69, 9.17) is 15.2 Å². The van der Waals surface area contributed by atoms with E-state index in [1.807, 2.05) is 0 Å². The van der Waals surface area contributed by atoms with E-state index in [2.05, 4.69) is 10.3 Å². The number of halogens is 1. The van der Waals surface area contributed by atoms with Crippen LogP contribution in [0.4, 0.5) is 9.52 Å². The lowest BCUT2D eigenvalue weighted by atomic mass is 10.1. The molecule has 0 bridgehead atoms. The van der Waals surface area contributed by atoms with E-state index >= 15 is 0 Å². The van der Waals surface area contributed by atoms with Crippen molar-refractivity contribution in [2.45, 2.75) is 25.0 Å². The predicted molar refractivity (Wildman–Crippen MR) is 89.6 cm³/mol. The van der Waals surface area contributed by atoms with Crippen molar-refractivity contribution in [2.75, 3.05) is 19.0 Å². The molecule has 2 aromatic rings. The molecule has 1 aromatic carbocycles. The summed E-state index contributed by atoms with van der Waals surface area (Å²) in [4.78, 5) is 16.5. The molecule has 2 atom stereocenters. The number of nitrogens with one attached hydrogen (secondary N) is 1. The Morgan fingerprint density at radius 3 is 3.04 bits per heavy atom. The second-order valence-corrected chi connectivity index (χ2v) is 6.29. The largest absolute Gasteiger partial charge is 0.494 e. The molecular weight excluding hydrogens is 333 g/mol. The number of rotatable bonds is 5. The molecule has 1 aliphatic rings. The van der Waals surface area contributed by atoms with Gasteiger partial charge in [0.05, 0.1) is 18.9 Å². The van der Waals surface area contributed by atoms with Crippen molar-refractivity contribution >= 4 is 22.4 Å². The van der Waals surface area contributed by atoms with Gasteiger partial charge in [-0.15, -0.1) is 11.3 Å². The van der Waals surface area contributed by atoms with Crippen LogP contribution < -0.4 is 15.8 Å². The molecule has 1 amide bonds. The monoisotopic (exact) mass is 351 g/mol. The van der Waals surface area contributed by atoms with Gasteiger partial charge in [-0.3, -0.25) is 10.1 Å². The van der Waals surface area contributed by atoms with E-state index in [-0.39, 0.29) is 17.8 Å². The summed E-state index contributed by atoms with van der Waals surface area (Å²) in [5.74, 6) is -0.510. The van der Waals surface area contributed by atoms with Crippen molar-refractivity contribution in [1.82, 2.24) is 4.98 Å². The smallest absolute Gasteiger partial charge is 0.255 e. The fourth-order valence-corrected chi connectivity index (χ4v) is 3.27. The van der Waals surface area contributed by atoms with Gasteiger partial charge in [-0.1, -0.05) is 0 Å². The Morgan fingerprint density at radius 1 is 1.54 bits per heavy atom. The molecule has 0 spiro atoms. The first-order chi connectivity index (χ1) is 11.6. The van der Waals surface area contributed by atoms with E-state index in [0.717, 1.165) is 6.42 Å². The molecule has 0 saturated carbocycles. The van der Waals surface area contributed by atoms with Crippen LogP contribution in [-0.4, -0.2) is 36.8 Å². The van der Waals surface area contributed by atoms with Gasteiger partial charge in [-0.25, -0.2) is 9.37 Å². The van der Waals surface area contributed by atoms with Crippen LogP contribution in [0.15, 0.2) is 23.6 Å². The molecule has 6 nitrogen and oxygen atoms in total. The normalized spacial score (nSPS) is 20.1. The number of methoxy groups -OCH3 is 1. The minimum atomic E-state index is -0.496. The van der Waals surface area contributed by atoms with Gasteiger partial charge in [0.25, 0.3) is 5.91 Å². The average molecular weight is 351 g/mol. The van der Waals surface area contributed by atoms with E-state index in [0.29, 0.717) is 29.4 Å². The summed E-state index contributed by atoms with van der Waals surface area (Å²) in [7, 11) is 1.41. The summed E-state index contributed by atoms with van der Waals surface area (Å²) >= 11 is 1.28. The molecule has 8 heteroatoms. The summed E-state index contributed by atoms with van der Waals surface area (Å²) in [6.07, 6.45) is 0.873. The second-order valence-electron chi connectivity index (χ2n) is 5.44. The number of anilines is 1. The molecule has 1 aliphatic heterocycles. The average Bonchev–Trinajstić information content (AvgIpc) is 3.24. The number of carbonyl (C=O) groups is 1. The highest BCUT2D eigenvalue weighted by Crippen LogP contribution is 2.29. The van der Waals surface area contributed by atoms with Gasteiger partial charge < -0.3 is 15.2 Å². The number of thiazole rings is 1. The number of hydrogen-bond acceptors (Lipinski definition) is 6. The minimum Gasteiger partial charge on any atom is -0.494 e. The van der Waals surface area contributed by atoms with Crippen LogP contribution in [0.1, 0.15) is 12.8 Å². The first kappa shape index (κ1) is 16.8.